The molecule has 0 bridgehead atoms. The Labute approximate surface area is 131 Å². The van der Waals surface area contributed by atoms with Crippen LogP contribution in [0, 0.1) is 18.3 Å². The van der Waals surface area contributed by atoms with E-state index >= 15 is 0 Å². The molecule has 1 aromatic carbocycles. The monoisotopic (exact) mass is 293 g/mol. The molecule has 1 unspecified atom stereocenters. The molecule has 1 atom stereocenters. The highest BCUT2D eigenvalue weighted by Crippen LogP contribution is 2.35. The van der Waals surface area contributed by atoms with Gasteiger partial charge < -0.3 is 9.64 Å². The van der Waals surface area contributed by atoms with Crippen LogP contribution in [0.3, 0.4) is 0 Å². The third-order valence-electron chi connectivity index (χ3n) is 4.20. The van der Waals surface area contributed by atoms with Crippen molar-refractivity contribution in [3.63, 3.8) is 0 Å². The lowest BCUT2D eigenvalue weighted by molar-refractivity contribution is 0.406. The molecule has 1 saturated heterocycles. The Morgan fingerprint density at radius 2 is 2.09 bits per heavy atom. The van der Waals surface area contributed by atoms with Crippen molar-refractivity contribution in [3.8, 4) is 11.8 Å². The molecule has 112 valence electrons. The molecule has 1 aliphatic heterocycles. The van der Waals surface area contributed by atoms with Crippen LogP contribution in [0.25, 0.3) is 0 Å². The van der Waals surface area contributed by atoms with Crippen molar-refractivity contribution in [1.82, 2.24) is 4.98 Å². The zero-order valence-electron chi connectivity index (χ0n) is 12.9. The van der Waals surface area contributed by atoms with E-state index < -0.39 is 0 Å². The molecule has 1 aromatic heterocycles. The van der Waals surface area contributed by atoms with Gasteiger partial charge in [0.25, 0.3) is 0 Å². The topological polar surface area (TPSA) is 49.1 Å². The van der Waals surface area contributed by atoms with Crippen molar-refractivity contribution in [1.29, 1.82) is 5.26 Å². The molecule has 0 aliphatic carbocycles. The third kappa shape index (κ3) is 2.62. The van der Waals surface area contributed by atoms with Crippen LogP contribution in [0.4, 0.5) is 5.82 Å². The summed E-state index contributed by atoms with van der Waals surface area (Å²) >= 11 is 0. The maximum Gasteiger partial charge on any atom is 0.146 e. The number of ether oxygens (including phenoxy) is 1. The first-order valence-corrected chi connectivity index (χ1v) is 7.48. The lowest BCUT2D eigenvalue weighted by Crippen LogP contribution is -2.22. The van der Waals surface area contributed by atoms with E-state index in [2.05, 4.69) is 22.0 Å². The van der Waals surface area contributed by atoms with Crippen molar-refractivity contribution in [2.45, 2.75) is 19.3 Å². The van der Waals surface area contributed by atoms with Crippen LogP contribution in [0.2, 0.25) is 0 Å². The van der Waals surface area contributed by atoms with Crippen molar-refractivity contribution in [3.05, 3.63) is 53.2 Å². The van der Waals surface area contributed by atoms with Gasteiger partial charge >= 0.3 is 0 Å². The Balaban J connectivity index is 1.87. The summed E-state index contributed by atoms with van der Waals surface area (Å²) in [6.45, 7) is 3.73. The number of nitrogens with zero attached hydrogens (tertiary/aromatic N) is 3. The van der Waals surface area contributed by atoms with Gasteiger partial charge in [0.05, 0.1) is 12.7 Å². The molecule has 0 saturated carbocycles. The van der Waals surface area contributed by atoms with Crippen molar-refractivity contribution in [2.24, 2.45) is 0 Å². The van der Waals surface area contributed by atoms with Crippen molar-refractivity contribution in [2.75, 3.05) is 25.1 Å². The van der Waals surface area contributed by atoms with Gasteiger partial charge in [0.2, 0.25) is 0 Å². The number of benzene rings is 1. The normalized spacial score (nSPS) is 17.3. The van der Waals surface area contributed by atoms with Gasteiger partial charge in [-0.3, -0.25) is 0 Å². The van der Waals surface area contributed by atoms with E-state index in [-0.39, 0.29) is 0 Å². The van der Waals surface area contributed by atoms with Gasteiger partial charge in [-0.05, 0) is 37.1 Å². The fourth-order valence-electron chi connectivity index (χ4n) is 3.08. The zero-order valence-corrected chi connectivity index (χ0v) is 12.9. The van der Waals surface area contributed by atoms with E-state index in [1.165, 1.54) is 5.56 Å². The minimum absolute atomic E-state index is 0.407. The summed E-state index contributed by atoms with van der Waals surface area (Å²) in [6, 6.07) is 14.2. The fourth-order valence-corrected chi connectivity index (χ4v) is 3.08. The molecular weight excluding hydrogens is 274 g/mol. The highest BCUT2D eigenvalue weighted by Gasteiger charge is 2.28. The highest BCUT2D eigenvalue weighted by molar-refractivity contribution is 5.56. The lowest BCUT2D eigenvalue weighted by Gasteiger charge is -2.20. The molecule has 1 fully saturated rings. The molecule has 2 heterocycles. The van der Waals surface area contributed by atoms with Gasteiger partial charge in [-0.15, -0.1) is 0 Å². The third-order valence-corrected chi connectivity index (χ3v) is 4.20. The lowest BCUT2D eigenvalue weighted by atomic mass is 9.97. The van der Waals surface area contributed by atoms with E-state index in [1.807, 2.05) is 37.3 Å². The molecule has 0 spiro atoms. The van der Waals surface area contributed by atoms with E-state index in [9.17, 15) is 5.26 Å². The van der Waals surface area contributed by atoms with Crippen molar-refractivity contribution >= 4 is 5.82 Å². The second-order valence-electron chi connectivity index (χ2n) is 5.61. The zero-order chi connectivity index (χ0) is 15.5. The molecule has 4 heteroatoms. The first-order chi connectivity index (χ1) is 10.7. The van der Waals surface area contributed by atoms with E-state index in [0.29, 0.717) is 11.5 Å². The number of anilines is 1. The predicted octanol–water partition coefficient (Wildman–Crippen LogP) is 3.26. The standard InChI is InChI=1S/C18H19N3O/c1-13-7-8-14(11-19)18(20-13)21-10-9-15(12-21)16-5-3-4-6-17(16)22-2/h3-8,15H,9-10,12H2,1-2H3. The molecule has 4 nitrogen and oxygen atoms in total. The maximum atomic E-state index is 9.30. The number of methoxy groups -OCH3 is 1. The summed E-state index contributed by atoms with van der Waals surface area (Å²) < 4.78 is 5.48. The highest BCUT2D eigenvalue weighted by atomic mass is 16.5. The smallest absolute Gasteiger partial charge is 0.146 e. The Hall–Kier alpha value is -2.54. The summed E-state index contributed by atoms with van der Waals surface area (Å²) in [5, 5.41) is 9.30. The van der Waals surface area contributed by atoms with Gasteiger partial charge in [-0.1, -0.05) is 18.2 Å². The van der Waals surface area contributed by atoms with Gasteiger partial charge in [0.15, 0.2) is 0 Å². The average Bonchev–Trinajstić information content (AvgIpc) is 3.04. The SMILES string of the molecule is COc1ccccc1C1CCN(c2nc(C)ccc2C#N)C1. The van der Waals surface area contributed by atoms with Crippen LogP contribution in [-0.2, 0) is 0 Å². The Morgan fingerprint density at radius 3 is 2.86 bits per heavy atom. The Kier molecular flexibility index (Phi) is 3.97. The molecule has 0 amide bonds. The summed E-state index contributed by atoms with van der Waals surface area (Å²) in [5.41, 5.74) is 2.82. The number of pyridine rings is 1. The van der Waals surface area contributed by atoms with E-state index in [1.54, 1.807) is 7.11 Å². The number of hydrogen-bond acceptors (Lipinski definition) is 4. The van der Waals surface area contributed by atoms with E-state index in [0.717, 1.165) is 36.8 Å². The predicted molar refractivity (Wildman–Crippen MR) is 86.3 cm³/mol. The fraction of sp³-hybridized carbons (Fsp3) is 0.333. The molecular formula is C18H19N3O. The van der Waals surface area contributed by atoms with Gasteiger partial charge in [-0.25, -0.2) is 4.98 Å². The van der Waals surface area contributed by atoms with Crippen LogP contribution >= 0.6 is 0 Å². The van der Waals surface area contributed by atoms with Gasteiger partial charge in [0.1, 0.15) is 17.6 Å². The van der Waals surface area contributed by atoms with Gasteiger partial charge in [0, 0.05) is 24.7 Å². The van der Waals surface area contributed by atoms with Crippen LogP contribution in [0.1, 0.15) is 29.2 Å². The average molecular weight is 293 g/mol. The number of nitriles is 1. The largest absolute Gasteiger partial charge is 0.496 e. The number of rotatable bonds is 3. The first-order valence-electron chi connectivity index (χ1n) is 7.48. The molecule has 0 N–H and O–H groups in total. The summed E-state index contributed by atoms with van der Waals surface area (Å²) in [7, 11) is 1.71. The van der Waals surface area contributed by atoms with Crippen molar-refractivity contribution < 1.29 is 4.74 Å². The molecule has 3 rings (SSSR count). The number of aromatic nitrogens is 1. The van der Waals surface area contributed by atoms with Gasteiger partial charge in [-0.2, -0.15) is 5.26 Å². The molecule has 1 aliphatic rings. The molecule has 22 heavy (non-hydrogen) atoms. The summed E-state index contributed by atoms with van der Waals surface area (Å²) in [4.78, 5) is 6.78. The number of para-hydroxylation sites is 1. The Bertz CT molecular complexity index is 721. The second-order valence-corrected chi connectivity index (χ2v) is 5.61. The van der Waals surface area contributed by atoms with Crippen LogP contribution in [0.5, 0.6) is 5.75 Å². The Morgan fingerprint density at radius 1 is 1.27 bits per heavy atom. The molecule has 0 radical (unpaired) electrons. The van der Waals surface area contributed by atoms with E-state index in [4.69, 9.17) is 4.74 Å². The second kappa shape index (κ2) is 6.07. The molecule has 2 aromatic rings. The first kappa shape index (κ1) is 14.4. The number of aryl methyl sites for hydroxylation is 1. The number of hydrogen-bond donors (Lipinski definition) is 0. The quantitative estimate of drug-likeness (QED) is 0.871. The minimum atomic E-state index is 0.407. The van der Waals surface area contributed by atoms with Crippen LogP contribution < -0.4 is 9.64 Å². The van der Waals surface area contributed by atoms with Crippen LogP contribution in [-0.4, -0.2) is 25.2 Å². The summed E-state index contributed by atoms with van der Waals surface area (Å²) in [5.74, 6) is 2.15. The maximum absolute atomic E-state index is 9.30. The summed E-state index contributed by atoms with van der Waals surface area (Å²) in [6.07, 6.45) is 1.04. The minimum Gasteiger partial charge on any atom is -0.496 e. The van der Waals surface area contributed by atoms with Crippen LogP contribution in [0.15, 0.2) is 36.4 Å².